The van der Waals surface area contributed by atoms with E-state index in [0.29, 0.717) is 73.2 Å². The second-order valence-corrected chi connectivity index (χ2v) is 15.4. The third-order valence-electron chi connectivity index (χ3n) is 10.1. The summed E-state index contributed by atoms with van der Waals surface area (Å²) in [5.74, 6) is 1.79. The fourth-order valence-corrected chi connectivity index (χ4v) is 8.94. The van der Waals surface area contributed by atoms with Crippen LogP contribution in [0.1, 0.15) is 50.8 Å². The molecule has 0 radical (unpaired) electrons. The van der Waals surface area contributed by atoms with Gasteiger partial charge in [-0.1, -0.05) is 29.3 Å². The Balaban J connectivity index is 1.35. The number of halogens is 2. The average molecular weight is 791 g/mol. The first-order chi connectivity index (χ1) is 26.2. The smallest absolute Gasteiger partial charge is 0.354 e. The van der Waals surface area contributed by atoms with E-state index in [2.05, 4.69) is 18.2 Å². The van der Waals surface area contributed by atoms with Gasteiger partial charge in [-0.15, -0.1) is 11.8 Å². The number of methoxy groups -OCH3 is 2. The fourth-order valence-electron chi connectivity index (χ4n) is 7.56. The summed E-state index contributed by atoms with van der Waals surface area (Å²) in [5, 5.41) is 14.2. The predicted octanol–water partition coefficient (Wildman–Crippen LogP) is 8.77. The summed E-state index contributed by atoms with van der Waals surface area (Å²) >= 11 is 15.4. The SMILES string of the molecule is COCCOCCn1nc(C)c2c1CSCc1cc(n(C)n1)CCc1cc(c3ccc(Cl)cc3c1)OCCCn1c(C(=O)OC)c(C)c3c-2c(Cl)ccc31. The Hall–Kier alpha value is -4.00. The molecular formula is C41H45Cl2N5O5S. The van der Waals surface area contributed by atoms with Crippen molar-refractivity contribution in [3.05, 3.63) is 98.2 Å². The molecule has 6 aromatic rings. The molecule has 1 aliphatic heterocycles. The number of hydrogen-bond donors (Lipinski definition) is 0. The number of carbonyl (C=O) groups is 1. The van der Waals surface area contributed by atoms with Crippen molar-refractivity contribution in [3.8, 4) is 16.9 Å². The number of nitrogens with zero attached hydrogens (tertiary/aromatic N) is 5. The molecule has 3 aromatic carbocycles. The molecule has 0 unspecified atom stereocenters. The maximum absolute atomic E-state index is 13.5. The molecule has 0 spiro atoms. The van der Waals surface area contributed by atoms with Crippen LogP contribution in [0.15, 0.2) is 48.5 Å². The van der Waals surface area contributed by atoms with Crippen molar-refractivity contribution in [2.24, 2.45) is 7.05 Å². The third kappa shape index (κ3) is 7.75. The monoisotopic (exact) mass is 789 g/mol. The highest BCUT2D eigenvalue weighted by molar-refractivity contribution is 7.97. The maximum atomic E-state index is 13.5. The molecule has 8 bridgehead atoms. The molecule has 0 saturated carbocycles. The van der Waals surface area contributed by atoms with E-state index in [1.165, 1.54) is 12.8 Å². The second kappa shape index (κ2) is 16.8. The lowest BCUT2D eigenvalue weighted by Gasteiger charge is -2.15. The third-order valence-corrected chi connectivity index (χ3v) is 11.6. The van der Waals surface area contributed by atoms with Crippen molar-refractivity contribution < 1.29 is 23.7 Å². The Morgan fingerprint density at radius 2 is 1.81 bits per heavy atom. The first-order valence-electron chi connectivity index (χ1n) is 18.2. The largest absolute Gasteiger partial charge is 0.493 e. The first kappa shape index (κ1) is 38.3. The van der Waals surface area contributed by atoms with Gasteiger partial charge in [0, 0.05) is 75.4 Å². The molecule has 1 aliphatic rings. The zero-order chi connectivity index (χ0) is 37.9. The topological polar surface area (TPSA) is 94.6 Å². The number of fused-ring (bicyclic) bond motifs is 8. The van der Waals surface area contributed by atoms with Gasteiger partial charge in [0.15, 0.2) is 0 Å². The van der Waals surface area contributed by atoms with Gasteiger partial charge in [0.25, 0.3) is 0 Å². The van der Waals surface area contributed by atoms with E-state index in [1.807, 2.05) is 65.2 Å². The van der Waals surface area contributed by atoms with Gasteiger partial charge in [-0.3, -0.25) is 9.36 Å². The summed E-state index contributed by atoms with van der Waals surface area (Å²) in [4.78, 5) is 13.5. The molecule has 7 rings (SSSR count). The summed E-state index contributed by atoms with van der Waals surface area (Å²) in [6, 6.07) is 16.3. The van der Waals surface area contributed by atoms with Gasteiger partial charge in [-0.05, 0) is 92.1 Å². The highest BCUT2D eigenvalue weighted by atomic mass is 35.5. The summed E-state index contributed by atoms with van der Waals surface area (Å²) in [6.45, 7) is 7.04. The number of rotatable bonds is 7. The Labute approximate surface area is 329 Å². The van der Waals surface area contributed by atoms with Crippen LogP contribution in [0.5, 0.6) is 5.75 Å². The highest BCUT2D eigenvalue weighted by Crippen LogP contribution is 2.43. The van der Waals surface area contributed by atoms with E-state index in [1.54, 1.807) is 18.9 Å². The van der Waals surface area contributed by atoms with Gasteiger partial charge < -0.3 is 23.5 Å². The van der Waals surface area contributed by atoms with Crippen molar-refractivity contribution >= 4 is 62.6 Å². The van der Waals surface area contributed by atoms with Crippen LogP contribution in [0, 0.1) is 13.8 Å². The van der Waals surface area contributed by atoms with Gasteiger partial charge >= 0.3 is 5.97 Å². The van der Waals surface area contributed by atoms with Crippen LogP contribution < -0.4 is 4.74 Å². The Morgan fingerprint density at radius 1 is 0.963 bits per heavy atom. The number of hydrogen-bond acceptors (Lipinski definition) is 8. The number of benzene rings is 3. The molecule has 0 aliphatic carbocycles. The molecule has 54 heavy (non-hydrogen) atoms. The molecule has 3 aromatic heterocycles. The molecular weight excluding hydrogens is 745 g/mol. The Kier molecular flexibility index (Phi) is 11.9. The van der Waals surface area contributed by atoms with Crippen molar-refractivity contribution in [2.45, 2.75) is 57.7 Å². The van der Waals surface area contributed by atoms with Crippen LogP contribution in [-0.4, -0.2) is 70.7 Å². The van der Waals surface area contributed by atoms with E-state index in [9.17, 15) is 4.79 Å². The van der Waals surface area contributed by atoms with Crippen LogP contribution in [0.25, 0.3) is 32.8 Å². The summed E-state index contributed by atoms with van der Waals surface area (Å²) in [6.07, 6.45) is 2.29. The summed E-state index contributed by atoms with van der Waals surface area (Å²) in [7, 11) is 5.09. The molecule has 13 heteroatoms. The number of thioether (sulfide) groups is 1. The molecule has 0 amide bonds. The lowest BCUT2D eigenvalue weighted by molar-refractivity contribution is 0.0587. The quantitative estimate of drug-likeness (QED) is 0.117. The lowest BCUT2D eigenvalue weighted by Crippen LogP contribution is -2.13. The van der Waals surface area contributed by atoms with Crippen LogP contribution in [0.2, 0.25) is 10.0 Å². The number of aryl methyl sites for hydroxylation is 6. The predicted molar refractivity (Wildman–Crippen MR) is 216 cm³/mol. The minimum absolute atomic E-state index is 0.400. The second-order valence-electron chi connectivity index (χ2n) is 13.6. The van der Waals surface area contributed by atoms with Crippen LogP contribution in [0.4, 0.5) is 0 Å². The van der Waals surface area contributed by atoms with E-state index in [4.69, 9.17) is 52.3 Å². The molecule has 4 heterocycles. The van der Waals surface area contributed by atoms with Gasteiger partial charge in [0.05, 0.1) is 57.2 Å². The van der Waals surface area contributed by atoms with Crippen molar-refractivity contribution in [3.63, 3.8) is 0 Å². The molecule has 0 atom stereocenters. The molecule has 0 saturated heterocycles. The zero-order valence-corrected chi connectivity index (χ0v) is 33.7. The number of ether oxygens (including phenoxy) is 4. The summed E-state index contributed by atoms with van der Waals surface area (Å²) in [5.41, 5.74) is 9.26. The Bertz CT molecular complexity index is 2330. The number of carbonyl (C=O) groups excluding carboxylic acids is 1. The van der Waals surface area contributed by atoms with Gasteiger partial charge in [0.1, 0.15) is 11.4 Å². The van der Waals surface area contributed by atoms with Crippen LogP contribution in [-0.2, 0) is 58.7 Å². The summed E-state index contributed by atoms with van der Waals surface area (Å²) < 4.78 is 29.0. The van der Waals surface area contributed by atoms with Crippen molar-refractivity contribution in [2.75, 3.05) is 40.6 Å². The lowest BCUT2D eigenvalue weighted by atomic mass is 9.97. The van der Waals surface area contributed by atoms with E-state index >= 15 is 0 Å². The van der Waals surface area contributed by atoms with E-state index < -0.39 is 5.97 Å². The zero-order valence-electron chi connectivity index (χ0n) is 31.3. The van der Waals surface area contributed by atoms with E-state index in [-0.39, 0.29) is 0 Å². The molecule has 10 nitrogen and oxygen atoms in total. The maximum Gasteiger partial charge on any atom is 0.354 e. The molecule has 0 fully saturated rings. The van der Waals surface area contributed by atoms with Crippen molar-refractivity contribution in [1.82, 2.24) is 24.1 Å². The Morgan fingerprint density at radius 3 is 2.63 bits per heavy atom. The van der Waals surface area contributed by atoms with E-state index in [0.717, 1.165) is 79.6 Å². The first-order valence-corrected chi connectivity index (χ1v) is 20.1. The molecule has 0 N–H and O–H groups in total. The normalized spacial score (nSPS) is 13.9. The van der Waals surface area contributed by atoms with Crippen LogP contribution in [0.3, 0.4) is 0 Å². The average Bonchev–Trinajstić information content (AvgIpc) is 3.77. The number of aromatic nitrogens is 5. The van der Waals surface area contributed by atoms with Gasteiger partial charge in [-0.25, -0.2) is 4.79 Å². The van der Waals surface area contributed by atoms with Crippen molar-refractivity contribution in [1.29, 1.82) is 0 Å². The fraction of sp³-hybridized carbons (Fsp3) is 0.390. The number of esters is 1. The van der Waals surface area contributed by atoms with Gasteiger partial charge in [-0.2, -0.15) is 10.2 Å². The van der Waals surface area contributed by atoms with Gasteiger partial charge in [0.2, 0.25) is 0 Å². The minimum Gasteiger partial charge on any atom is -0.493 e. The highest BCUT2D eigenvalue weighted by Gasteiger charge is 2.28. The van der Waals surface area contributed by atoms with Crippen LogP contribution >= 0.6 is 35.0 Å². The minimum atomic E-state index is -0.400. The molecule has 284 valence electrons. The standard InChI is InChI=1S/C41H45Cl2N5O5S/c1-25-37-34-12-11-33(43)39(37)38-26(2)44-48(14-16-52-18-17-50-4)35(38)24-54-23-30-22-31(46(3)45-30)9-7-27-19-28-21-29(42)8-10-32(28)36(20-27)53-15-6-13-47(34)40(25)41(49)51-5/h8,10-12,19-22H,6-7,9,13-18,23-24H2,1-5H3.